The molecule has 0 spiro atoms. The minimum absolute atomic E-state index is 0.403. The number of hydrogen-bond donors (Lipinski definition) is 5. The zero-order valence-electron chi connectivity index (χ0n) is 12.9. The van der Waals surface area contributed by atoms with Crippen LogP contribution in [-0.2, 0) is 4.74 Å². The predicted octanol–water partition coefficient (Wildman–Crippen LogP) is -1.64. The minimum Gasteiger partial charge on any atom is -0.394 e. The van der Waals surface area contributed by atoms with Gasteiger partial charge in [0.05, 0.1) is 12.9 Å². The first kappa shape index (κ1) is 16.7. The van der Waals surface area contributed by atoms with Crippen LogP contribution >= 0.6 is 0 Å². The summed E-state index contributed by atoms with van der Waals surface area (Å²) < 4.78 is 7.08. The Balaban J connectivity index is 2.05. The van der Waals surface area contributed by atoms with Crippen LogP contribution in [-0.4, -0.2) is 72.3 Å². The van der Waals surface area contributed by atoms with Crippen molar-refractivity contribution in [2.45, 2.75) is 24.0 Å². The molecule has 10 nitrogen and oxygen atoms in total. The van der Waals surface area contributed by atoms with E-state index in [9.17, 15) is 15.3 Å². The Labute approximate surface area is 137 Å². The molecule has 0 saturated carbocycles. The van der Waals surface area contributed by atoms with Gasteiger partial charge < -0.3 is 31.1 Å². The fourth-order valence-electron chi connectivity index (χ4n) is 2.79. The fourth-order valence-corrected chi connectivity index (χ4v) is 2.79. The van der Waals surface area contributed by atoms with Gasteiger partial charge in [0.1, 0.15) is 18.5 Å². The van der Waals surface area contributed by atoms with Gasteiger partial charge in [-0.2, -0.15) is 0 Å². The summed E-state index contributed by atoms with van der Waals surface area (Å²) in [6.45, 7) is 4.07. The lowest BCUT2D eigenvalue weighted by Crippen LogP contribution is -2.45. The van der Waals surface area contributed by atoms with Crippen LogP contribution in [0, 0.1) is 0 Å². The maximum absolute atomic E-state index is 10.7. The highest BCUT2D eigenvalue weighted by molar-refractivity contribution is 5.82. The summed E-state index contributed by atoms with van der Waals surface area (Å²) in [5.41, 5.74) is 4.56. The van der Waals surface area contributed by atoms with Gasteiger partial charge in [0, 0.05) is 13.1 Å². The zero-order chi connectivity index (χ0) is 17.3. The summed E-state index contributed by atoms with van der Waals surface area (Å²) in [5.74, 6) is 0.503. The zero-order valence-corrected chi connectivity index (χ0v) is 12.9. The number of nitrogens with zero attached hydrogens (tertiary/aromatic N) is 4. The minimum atomic E-state index is -1.79. The number of aliphatic hydroxyl groups is 3. The van der Waals surface area contributed by atoms with Crippen molar-refractivity contribution >= 4 is 17.0 Å². The van der Waals surface area contributed by atoms with Gasteiger partial charge in [-0.25, -0.2) is 15.0 Å². The van der Waals surface area contributed by atoms with Crippen molar-refractivity contribution in [3.63, 3.8) is 0 Å². The van der Waals surface area contributed by atoms with Crippen molar-refractivity contribution in [3.05, 3.63) is 25.3 Å². The molecule has 1 saturated heterocycles. The molecule has 0 aromatic carbocycles. The molecule has 3 unspecified atom stereocenters. The largest absolute Gasteiger partial charge is 0.394 e. The molecule has 1 fully saturated rings. The number of anilines is 1. The van der Waals surface area contributed by atoms with Gasteiger partial charge in [0.25, 0.3) is 0 Å². The molecule has 0 radical (unpaired) electrons. The van der Waals surface area contributed by atoms with Gasteiger partial charge in [0.2, 0.25) is 0 Å². The highest BCUT2D eigenvalue weighted by Gasteiger charge is 2.54. The molecule has 6 N–H and O–H groups in total. The monoisotopic (exact) mass is 336 g/mol. The number of aromatic nitrogens is 4. The Morgan fingerprint density at radius 3 is 2.92 bits per heavy atom. The highest BCUT2D eigenvalue weighted by atomic mass is 16.6. The lowest BCUT2D eigenvalue weighted by atomic mass is 9.94. The summed E-state index contributed by atoms with van der Waals surface area (Å²) in [5, 5.41) is 33.3. The Morgan fingerprint density at radius 1 is 1.46 bits per heavy atom. The molecule has 24 heavy (non-hydrogen) atoms. The molecule has 1 aliphatic heterocycles. The van der Waals surface area contributed by atoms with Crippen LogP contribution in [0.5, 0.6) is 0 Å². The number of aliphatic hydroxyl groups excluding tert-OH is 2. The normalized spacial score (nSPS) is 29.9. The van der Waals surface area contributed by atoms with E-state index in [1.165, 1.54) is 23.3 Å². The maximum atomic E-state index is 10.7. The molecule has 0 aliphatic carbocycles. The van der Waals surface area contributed by atoms with Gasteiger partial charge in [-0.15, -0.1) is 0 Å². The average molecular weight is 336 g/mol. The first-order chi connectivity index (χ1) is 11.6. The van der Waals surface area contributed by atoms with E-state index in [1.54, 1.807) is 0 Å². The molecule has 3 rings (SSSR count). The Bertz CT molecular complexity index is 737. The number of nitrogens with one attached hydrogen (secondary N) is 1. The van der Waals surface area contributed by atoms with Crippen LogP contribution < -0.4 is 11.1 Å². The second kappa shape index (κ2) is 6.42. The topological polar surface area (TPSA) is 152 Å². The van der Waals surface area contributed by atoms with E-state index in [1.807, 2.05) is 0 Å². The van der Waals surface area contributed by atoms with E-state index in [-0.39, 0.29) is 0 Å². The molecule has 10 heteroatoms. The number of hydrogen-bond acceptors (Lipinski definition) is 9. The third-order valence-electron chi connectivity index (χ3n) is 4.08. The predicted molar refractivity (Wildman–Crippen MR) is 85.0 cm³/mol. The third-order valence-corrected chi connectivity index (χ3v) is 4.08. The maximum Gasteiger partial charge on any atom is 0.172 e. The Morgan fingerprint density at radius 2 is 2.25 bits per heavy atom. The van der Waals surface area contributed by atoms with Crippen LogP contribution in [0.1, 0.15) is 6.23 Å². The number of imidazole rings is 1. The first-order valence-electron chi connectivity index (χ1n) is 7.48. The van der Waals surface area contributed by atoms with Crippen LogP contribution in [0.25, 0.3) is 11.2 Å². The van der Waals surface area contributed by atoms with Gasteiger partial charge in [-0.05, 0) is 0 Å². The number of ether oxygens (including phenoxy) is 1. The Kier molecular flexibility index (Phi) is 4.47. The van der Waals surface area contributed by atoms with E-state index < -0.39 is 30.6 Å². The smallest absolute Gasteiger partial charge is 0.172 e. The summed E-state index contributed by atoms with van der Waals surface area (Å²) in [6.07, 6.45) is 0.647. The SMILES string of the molecule is C=C[C@@]1(O)C(O)C(CO)OC1n1cnc2c(NCCN)ncnc21. The molecule has 2 aromatic rings. The molecule has 3 heterocycles. The highest BCUT2D eigenvalue weighted by Crippen LogP contribution is 2.40. The quantitative estimate of drug-likeness (QED) is 0.391. The van der Waals surface area contributed by atoms with Crippen molar-refractivity contribution in [3.8, 4) is 0 Å². The van der Waals surface area contributed by atoms with E-state index >= 15 is 0 Å². The third kappa shape index (κ3) is 2.44. The average Bonchev–Trinajstić information content (AvgIpc) is 3.13. The van der Waals surface area contributed by atoms with Crippen molar-refractivity contribution in [2.75, 3.05) is 25.0 Å². The van der Waals surface area contributed by atoms with Crippen LogP contribution in [0.2, 0.25) is 0 Å². The number of fused-ring (bicyclic) bond motifs is 1. The molecule has 0 amide bonds. The van der Waals surface area contributed by atoms with Gasteiger partial charge in [-0.1, -0.05) is 12.7 Å². The van der Waals surface area contributed by atoms with E-state index in [0.29, 0.717) is 30.1 Å². The number of rotatable bonds is 6. The first-order valence-corrected chi connectivity index (χ1v) is 7.48. The summed E-state index contributed by atoms with van der Waals surface area (Å²) >= 11 is 0. The van der Waals surface area contributed by atoms with Crippen molar-refractivity contribution < 1.29 is 20.1 Å². The molecular weight excluding hydrogens is 316 g/mol. The van der Waals surface area contributed by atoms with Crippen LogP contribution in [0.15, 0.2) is 25.3 Å². The standard InChI is InChI=1S/C14H20N6O4/c1-2-14(23)10(22)8(5-21)24-13(14)20-7-19-9-11(16-4-3-15)17-6-18-12(9)20/h2,6-8,10,13,21-23H,1,3-5,15H2,(H,16,17,18)/t8?,10?,13?,14-/m1/s1. The molecule has 0 bridgehead atoms. The molecule has 130 valence electrons. The Hall–Kier alpha value is -2.11. The molecule has 2 aromatic heterocycles. The molecule has 1 aliphatic rings. The van der Waals surface area contributed by atoms with Gasteiger partial charge in [-0.3, -0.25) is 4.57 Å². The van der Waals surface area contributed by atoms with Gasteiger partial charge in [0.15, 0.2) is 28.8 Å². The van der Waals surface area contributed by atoms with Crippen LogP contribution in [0.4, 0.5) is 5.82 Å². The lowest BCUT2D eigenvalue weighted by molar-refractivity contribution is -0.0771. The molecular formula is C14H20N6O4. The number of nitrogens with two attached hydrogens (primary N) is 1. The van der Waals surface area contributed by atoms with E-state index in [2.05, 4.69) is 26.8 Å². The summed E-state index contributed by atoms with van der Waals surface area (Å²) in [4.78, 5) is 12.6. The van der Waals surface area contributed by atoms with E-state index in [0.717, 1.165) is 0 Å². The second-order valence-corrected chi connectivity index (χ2v) is 5.51. The lowest BCUT2D eigenvalue weighted by Gasteiger charge is -2.28. The van der Waals surface area contributed by atoms with E-state index in [4.69, 9.17) is 10.5 Å². The van der Waals surface area contributed by atoms with Crippen molar-refractivity contribution in [2.24, 2.45) is 5.73 Å². The second-order valence-electron chi connectivity index (χ2n) is 5.51. The summed E-state index contributed by atoms with van der Waals surface area (Å²) in [7, 11) is 0. The summed E-state index contributed by atoms with van der Waals surface area (Å²) in [6, 6.07) is 0. The van der Waals surface area contributed by atoms with Gasteiger partial charge >= 0.3 is 0 Å². The van der Waals surface area contributed by atoms with Crippen molar-refractivity contribution in [1.29, 1.82) is 0 Å². The van der Waals surface area contributed by atoms with Crippen molar-refractivity contribution in [1.82, 2.24) is 19.5 Å². The fraction of sp³-hybridized carbons (Fsp3) is 0.500. The molecule has 4 atom stereocenters. The van der Waals surface area contributed by atoms with Crippen LogP contribution in [0.3, 0.4) is 0 Å².